The van der Waals surface area contributed by atoms with Crippen LogP contribution in [0.5, 0.6) is 0 Å². The molecule has 0 atom stereocenters. The lowest BCUT2D eigenvalue weighted by Crippen LogP contribution is -2.51. The van der Waals surface area contributed by atoms with E-state index in [-0.39, 0.29) is 6.71 Å². The van der Waals surface area contributed by atoms with E-state index in [1.165, 1.54) is 31.1 Å². The monoisotopic (exact) mass is 464 g/mol. The summed E-state index contributed by atoms with van der Waals surface area (Å²) in [6, 6.07) is 27.5. The predicted molar refractivity (Wildman–Crippen MR) is 147 cm³/mol. The zero-order valence-electron chi connectivity index (χ0n) is 19.5. The van der Waals surface area contributed by atoms with Crippen LogP contribution in [0.15, 0.2) is 87.5 Å². The van der Waals surface area contributed by atoms with Crippen LogP contribution in [0.3, 0.4) is 0 Å². The van der Waals surface area contributed by atoms with Crippen molar-refractivity contribution in [3.05, 3.63) is 72.8 Å². The van der Waals surface area contributed by atoms with E-state index in [1.54, 1.807) is 0 Å². The Balaban J connectivity index is 1.95. The largest absolute Gasteiger partial charge is 0.241 e. The molecule has 3 aromatic rings. The molecule has 0 saturated carbocycles. The van der Waals surface area contributed by atoms with Crippen LogP contribution < -0.4 is 16.4 Å². The molecule has 0 amide bonds. The Kier molecular flexibility index (Phi) is 9.12. The average Bonchev–Trinajstić information content (AvgIpc) is 2.71. The molecule has 0 fully saturated rings. The van der Waals surface area contributed by atoms with Crippen molar-refractivity contribution in [1.82, 2.24) is 0 Å². The molecule has 162 valence electrons. The average molecular weight is 465 g/mol. The van der Waals surface area contributed by atoms with Gasteiger partial charge in [-0.15, -0.1) is 35.3 Å². The molecular weight excluding hydrogens is 431 g/mol. The third-order valence-corrected chi connectivity index (χ3v) is 7.80. The molecule has 0 unspecified atom stereocenters. The Hall–Kier alpha value is -1.23. The molecule has 3 aromatic carbocycles. The quantitative estimate of drug-likeness (QED) is 0.255. The van der Waals surface area contributed by atoms with Crippen molar-refractivity contribution in [2.45, 2.75) is 72.0 Å². The van der Waals surface area contributed by atoms with Crippen molar-refractivity contribution < 1.29 is 0 Å². The SMILES string of the molecule is CC(C)Sc1ccc(B(c2ccc(SC(C)C)cc2)c2ccc(SC(C)C)cc2)cc1. The first-order chi connectivity index (χ1) is 14.8. The highest BCUT2D eigenvalue weighted by Crippen LogP contribution is 2.24. The fourth-order valence-electron chi connectivity index (χ4n) is 3.61. The standard InChI is InChI=1S/C27H33BS3/c1-19(2)29-25-13-7-22(8-14-25)28(23-9-15-26(16-10-23)30-20(3)4)24-11-17-27(18-12-24)31-21(5)6/h7-21H,1-6H3. The molecule has 0 aliphatic heterocycles. The molecule has 31 heavy (non-hydrogen) atoms. The van der Waals surface area contributed by atoms with Gasteiger partial charge in [0.2, 0.25) is 6.71 Å². The van der Waals surface area contributed by atoms with Gasteiger partial charge in [0.1, 0.15) is 0 Å². The topological polar surface area (TPSA) is 0 Å². The van der Waals surface area contributed by atoms with Gasteiger partial charge in [-0.05, 0) is 36.4 Å². The fraction of sp³-hybridized carbons (Fsp3) is 0.333. The molecule has 0 N–H and O–H groups in total. The highest BCUT2D eigenvalue weighted by atomic mass is 32.2. The molecule has 0 heterocycles. The van der Waals surface area contributed by atoms with Gasteiger partial charge < -0.3 is 0 Å². The van der Waals surface area contributed by atoms with E-state index >= 15 is 0 Å². The Labute approximate surface area is 202 Å². The Morgan fingerprint density at radius 3 is 0.839 bits per heavy atom. The number of hydrogen-bond donors (Lipinski definition) is 0. The van der Waals surface area contributed by atoms with Crippen LogP contribution in [0.1, 0.15) is 41.5 Å². The van der Waals surface area contributed by atoms with E-state index < -0.39 is 0 Å². The molecule has 0 saturated heterocycles. The maximum atomic E-state index is 2.31. The van der Waals surface area contributed by atoms with Gasteiger partial charge in [0.15, 0.2) is 0 Å². The van der Waals surface area contributed by atoms with Gasteiger partial charge in [-0.1, -0.05) is 94.3 Å². The minimum atomic E-state index is 0.245. The zero-order valence-corrected chi connectivity index (χ0v) is 21.9. The minimum absolute atomic E-state index is 0.245. The molecule has 0 bridgehead atoms. The third-order valence-electron chi connectivity index (χ3n) is 4.76. The highest BCUT2D eigenvalue weighted by molar-refractivity contribution is 8.00. The van der Waals surface area contributed by atoms with E-state index in [0.29, 0.717) is 15.7 Å². The Morgan fingerprint density at radius 1 is 0.419 bits per heavy atom. The van der Waals surface area contributed by atoms with Crippen molar-refractivity contribution in [3.63, 3.8) is 0 Å². The van der Waals surface area contributed by atoms with Gasteiger partial charge in [0, 0.05) is 30.4 Å². The zero-order chi connectivity index (χ0) is 22.4. The van der Waals surface area contributed by atoms with E-state index in [9.17, 15) is 0 Å². The van der Waals surface area contributed by atoms with Crippen molar-refractivity contribution >= 4 is 58.4 Å². The summed E-state index contributed by atoms with van der Waals surface area (Å²) >= 11 is 5.76. The molecule has 0 aromatic heterocycles. The second-order valence-corrected chi connectivity index (χ2v) is 13.6. The summed E-state index contributed by atoms with van der Waals surface area (Å²) in [6.07, 6.45) is 0. The second kappa shape index (κ2) is 11.6. The summed E-state index contributed by atoms with van der Waals surface area (Å²) in [5.74, 6) is 0. The van der Waals surface area contributed by atoms with Gasteiger partial charge in [0.25, 0.3) is 0 Å². The summed E-state index contributed by atoms with van der Waals surface area (Å²) < 4.78 is 0. The molecule has 0 nitrogen and oxygen atoms in total. The smallest absolute Gasteiger partial charge is 0.123 e. The summed E-state index contributed by atoms with van der Waals surface area (Å²) in [5.41, 5.74) is 4.05. The molecule has 3 rings (SSSR count). The van der Waals surface area contributed by atoms with Crippen molar-refractivity contribution in [2.24, 2.45) is 0 Å². The lowest BCUT2D eigenvalue weighted by Gasteiger charge is -2.18. The highest BCUT2D eigenvalue weighted by Gasteiger charge is 2.22. The lowest BCUT2D eigenvalue weighted by molar-refractivity contribution is 1.11. The molecular formula is C27H33BS3. The van der Waals surface area contributed by atoms with Gasteiger partial charge >= 0.3 is 0 Å². The first-order valence-corrected chi connectivity index (χ1v) is 13.8. The van der Waals surface area contributed by atoms with Gasteiger partial charge in [-0.2, -0.15) is 0 Å². The Morgan fingerprint density at radius 2 is 0.645 bits per heavy atom. The van der Waals surface area contributed by atoms with Crippen LogP contribution in [0.2, 0.25) is 0 Å². The van der Waals surface area contributed by atoms with Crippen molar-refractivity contribution in [3.8, 4) is 0 Å². The second-order valence-electron chi connectivity index (χ2n) is 8.64. The molecule has 4 heteroatoms. The first-order valence-electron chi connectivity index (χ1n) is 11.1. The minimum Gasteiger partial charge on any atom is -0.123 e. The van der Waals surface area contributed by atoms with Crippen molar-refractivity contribution in [2.75, 3.05) is 0 Å². The van der Waals surface area contributed by atoms with Gasteiger partial charge in [-0.3, -0.25) is 0 Å². The number of benzene rings is 3. The van der Waals surface area contributed by atoms with E-state index in [2.05, 4.69) is 114 Å². The van der Waals surface area contributed by atoms with Crippen LogP contribution in [0, 0.1) is 0 Å². The van der Waals surface area contributed by atoms with Crippen molar-refractivity contribution in [1.29, 1.82) is 0 Å². The van der Waals surface area contributed by atoms with Crippen LogP contribution in [-0.4, -0.2) is 22.5 Å². The number of rotatable bonds is 9. The normalized spacial score (nSPS) is 11.5. The predicted octanol–water partition coefficient (Wildman–Crippen LogP) is 6.70. The van der Waals surface area contributed by atoms with Gasteiger partial charge in [-0.25, -0.2) is 0 Å². The summed E-state index contributed by atoms with van der Waals surface area (Å²) in [6.45, 7) is 13.7. The van der Waals surface area contributed by atoms with Crippen LogP contribution in [-0.2, 0) is 0 Å². The third kappa shape index (κ3) is 7.41. The molecule has 0 aliphatic rings. The first kappa shape index (κ1) is 24.4. The van der Waals surface area contributed by atoms with E-state index in [4.69, 9.17) is 0 Å². The maximum absolute atomic E-state index is 2.31. The van der Waals surface area contributed by atoms with Crippen LogP contribution >= 0.6 is 35.3 Å². The fourth-order valence-corrected chi connectivity index (χ4v) is 6.12. The molecule has 0 spiro atoms. The molecule has 0 aliphatic carbocycles. The summed E-state index contributed by atoms with van der Waals surface area (Å²) in [4.78, 5) is 4.01. The van der Waals surface area contributed by atoms with Crippen LogP contribution in [0.25, 0.3) is 0 Å². The number of thioether (sulfide) groups is 3. The summed E-state index contributed by atoms with van der Waals surface area (Å²) in [7, 11) is 0. The van der Waals surface area contributed by atoms with Crippen LogP contribution in [0.4, 0.5) is 0 Å². The Bertz CT molecular complexity index is 803. The molecule has 0 radical (unpaired) electrons. The van der Waals surface area contributed by atoms with E-state index in [1.807, 2.05) is 35.3 Å². The maximum Gasteiger partial charge on any atom is 0.241 e. The number of hydrogen-bond acceptors (Lipinski definition) is 3. The van der Waals surface area contributed by atoms with E-state index in [0.717, 1.165) is 0 Å². The lowest BCUT2D eigenvalue weighted by atomic mass is 9.37. The van der Waals surface area contributed by atoms with Gasteiger partial charge in [0.05, 0.1) is 0 Å². The summed E-state index contributed by atoms with van der Waals surface area (Å²) in [5, 5.41) is 1.79.